The van der Waals surface area contributed by atoms with E-state index < -0.39 is 10.8 Å². The van der Waals surface area contributed by atoms with Crippen LogP contribution in [0.3, 0.4) is 0 Å². The number of nitro benzene ring substituents is 1. The number of nitrogens with zero attached hydrogens (tertiary/aromatic N) is 1. The van der Waals surface area contributed by atoms with Gasteiger partial charge in [-0.1, -0.05) is 11.6 Å². The van der Waals surface area contributed by atoms with Crippen LogP contribution in [0, 0.1) is 17.0 Å². The van der Waals surface area contributed by atoms with Crippen LogP contribution in [0.1, 0.15) is 5.56 Å². The molecule has 0 aliphatic rings. The standard InChI is InChI=1S/C17H18ClN3O5/c1-10-6-13(16(26-3)8-12(10)18)19-9-17(22)20-14-7-11(21(23)24)4-5-15(14)25-2/h4-8,19H,9H2,1-3H3,(H,20,22). The van der Waals surface area contributed by atoms with Gasteiger partial charge in [-0.3, -0.25) is 14.9 Å². The van der Waals surface area contributed by atoms with E-state index in [2.05, 4.69) is 10.6 Å². The minimum Gasteiger partial charge on any atom is -0.495 e. The molecule has 0 heterocycles. The number of nitro groups is 1. The highest BCUT2D eigenvalue weighted by atomic mass is 35.5. The lowest BCUT2D eigenvalue weighted by molar-refractivity contribution is -0.384. The predicted octanol–water partition coefficient (Wildman–Crippen LogP) is 3.62. The lowest BCUT2D eigenvalue weighted by Gasteiger charge is -2.14. The fourth-order valence-electron chi connectivity index (χ4n) is 2.25. The smallest absolute Gasteiger partial charge is 0.271 e. The maximum absolute atomic E-state index is 12.2. The Morgan fingerprint density at radius 3 is 2.46 bits per heavy atom. The maximum atomic E-state index is 12.2. The largest absolute Gasteiger partial charge is 0.495 e. The normalized spacial score (nSPS) is 10.2. The van der Waals surface area contributed by atoms with Gasteiger partial charge >= 0.3 is 0 Å². The van der Waals surface area contributed by atoms with Crippen molar-refractivity contribution in [1.82, 2.24) is 0 Å². The van der Waals surface area contributed by atoms with E-state index in [0.717, 1.165) is 5.56 Å². The van der Waals surface area contributed by atoms with Gasteiger partial charge in [-0.2, -0.15) is 0 Å². The molecule has 9 heteroatoms. The number of benzene rings is 2. The molecule has 26 heavy (non-hydrogen) atoms. The number of amides is 1. The molecule has 2 N–H and O–H groups in total. The van der Waals surface area contributed by atoms with Crippen LogP contribution in [0.4, 0.5) is 17.1 Å². The average Bonchev–Trinajstić information content (AvgIpc) is 2.62. The molecule has 0 radical (unpaired) electrons. The van der Waals surface area contributed by atoms with Gasteiger partial charge in [0.1, 0.15) is 11.5 Å². The van der Waals surface area contributed by atoms with Crippen molar-refractivity contribution in [2.24, 2.45) is 0 Å². The van der Waals surface area contributed by atoms with Crippen molar-refractivity contribution in [3.63, 3.8) is 0 Å². The molecule has 2 aromatic rings. The Labute approximate surface area is 155 Å². The number of nitrogens with one attached hydrogen (secondary N) is 2. The van der Waals surface area contributed by atoms with Gasteiger partial charge in [0.15, 0.2) is 0 Å². The first-order valence-electron chi connectivity index (χ1n) is 7.56. The van der Waals surface area contributed by atoms with Crippen molar-refractivity contribution >= 4 is 34.6 Å². The Bertz CT molecular complexity index is 841. The summed E-state index contributed by atoms with van der Waals surface area (Å²) >= 11 is 6.05. The second-order valence-corrected chi connectivity index (χ2v) is 5.75. The van der Waals surface area contributed by atoms with E-state index in [-0.39, 0.29) is 17.9 Å². The second kappa shape index (κ2) is 8.39. The van der Waals surface area contributed by atoms with Crippen LogP contribution in [-0.4, -0.2) is 31.6 Å². The molecule has 1 amide bonds. The number of hydrogen-bond acceptors (Lipinski definition) is 6. The third-order valence-corrected chi connectivity index (χ3v) is 4.00. The third kappa shape index (κ3) is 4.54. The van der Waals surface area contributed by atoms with Crippen molar-refractivity contribution in [2.75, 3.05) is 31.4 Å². The Morgan fingerprint density at radius 2 is 1.85 bits per heavy atom. The Hall–Kier alpha value is -3.00. The van der Waals surface area contributed by atoms with Crippen LogP contribution in [0.15, 0.2) is 30.3 Å². The number of methoxy groups -OCH3 is 2. The number of halogens is 1. The molecular weight excluding hydrogens is 362 g/mol. The fourth-order valence-corrected chi connectivity index (χ4v) is 2.40. The minimum absolute atomic E-state index is 0.0801. The fraction of sp³-hybridized carbons (Fsp3) is 0.235. The van der Waals surface area contributed by atoms with Gasteiger partial charge in [0.05, 0.1) is 37.1 Å². The summed E-state index contributed by atoms with van der Waals surface area (Å²) in [6, 6.07) is 7.38. The molecule has 8 nitrogen and oxygen atoms in total. The van der Waals surface area contributed by atoms with Crippen molar-refractivity contribution < 1.29 is 19.2 Å². The average molecular weight is 380 g/mol. The molecule has 0 aliphatic heterocycles. The number of hydrogen-bond donors (Lipinski definition) is 2. The van der Waals surface area contributed by atoms with Crippen LogP contribution < -0.4 is 20.1 Å². The number of rotatable bonds is 7. The molecule has 0 bridgehead atoms. The van der Waals surface area contributed by atoms with Gasteiger partial charge < -0.3 is 20.1 Å². The van der Waals surface area contributed by atoms with Crippen molar-refractivity contribution in [3.8, 4) is 11.5 Å². The lowest BCUT2D eigenvalue weighted by atomic mass is 10.2. The summed E-state index contributed by atoms with van der Waals surface area (Å²) in [5, 5.41) is 17.0. The number of carbonyl (C=O) groups excluding carboxylic acids is 1. The van der Waals surface area contributed by atoms with Crippen molar-refractivity contribution in [1.29, 1.82) is 0 Å². The Balaban J connectivity index is 2.11. The van der Waals surface area contributed by atoms with Gasteiger partial charge in [-0.25, -0.2) is 0 Å². The lowest BCUT2D eigenvalue weighted by Crippen LogP contribution is -2.22. The van der Waals surface area contributed by atoms with E-state index >= 15 is 0 Å². The summed E-state index contributed by atoms with van der Waals surface area (Å²) in [4.78, 5) is 22.6. The number of aryl methyl sites for hydroxylation is 1. The number of non-ortho nitro benzene ring substituents is 1. The molecule has 0 saturated carbocycles. The topological polar surface area (TPSA) is 103 Å². The predicted molar refractivity (Wildman–Crippen MR) is 99.5 cm³/mol. The SMILES string of the molecule is COc1cc(Cl)c(C)cc1NCC(=O)Nc1cc([N+](=O)[O-])ccc1OC. The zero-order valence-electron chi connectivity index (χ0n) is 14.5. The monoisotopic (exact) mass is 379 g/mol. The van der Waals surface area contributed by atoms with E-state index in [1.807, 2.05) is 6.92 Å². The number of ether oxygens (including phenoxy) is 2. The van der Waals surface area contributed by atoms with Gasteiger partial charge in [-0.05, 0) is 24.6 Å². The summed E-state index contributed by atoms with van der Waals surface area (Å²) in [5.74, 6) is 0.420. The number of anilines is 2. The van der Waals surface area contributed by atoms with Crippen LogP contribution in [-0.2, 0) is 4.79 Å². The van der Waals surface area contributed by atoms with Crippen molar-refractivity contribution in [3.05, 3.63) is 51.0 Å². The molecular formula is C17H18ClN3O5. The van der Waals surface area contributed by atoms with Gasteiger partial charge in [0.2, 0.25) is 5.91 Å². The van der Waals surface area contributed by atoms with Crippen LogP contribution in [0.25, 0.3) is 0 Å². The zero-order chi connectivity index (χ0) is 19.3. The Morgan fingerprint density at radius 1 is 1.15 bits per heavy atom. The first-order valence-corrected chi connectivity index (χ1v) is 7.93. The summed E-state index contributed by atoms with van der Waals surface area (Å²) in [6.45, 7) is 1.75. The molecule has 2 rings (SSSR count). The van der Waals surface area contributed by atoms with Gasteiger partial charge in [-0.15, -0.1) is 0 Å². The molecule has 0 aromatic heterocycles. The molecule has 138 valence electrons. The van der Waals surface area contributed by atoms with E-state index in [0.29, 0.717) is 22.2 Å². The third-order valence-electron chi connectivity index (χ3n) is 3.59. The highest BCUT2D eigenvalue weighted by Gasteiger charge is 2.14. The van der Waals surface area contributed by atoms with E-state index in [1.165, 1.54) is 32.4 Å². The summed E-state index contributed by atoms with van der Waals surface area (Å²) < 4.78 is 10.4. The molecule has 0 unspecified atom stereocenters. The highest BCUT2D eigenvalue weighted by molar-refractivity contribution is 6.31. The number of carbonyl (C=O) groups is 1. The van der Waals surface area contributed by atoms with E-state index in [4.69, 9.17) is 21.1 Å². The summed E-state index contributed by atoms with van der Waals surface area (Å²) in [5.41, 5.74) is 1.50. The molecule has 2 aromatic carbocycles. The second-order valence-electron chi connectivity index (χ2n) is 5.35. The molecule has 0 spiro atoms. The molecule has 0 atom stereocenters. The maximum Gasteiger partial charge on any atom is 0.271 e. The van der Waals surface area contributed by atoms with Crippen molar-refractivity contribution in [2.45, 2.75) is 6.92 Å². The van der Waals surface area contributed by atoms with Gasteiger partial charge in [0.25, 0.3) is 5.69 Å². The Kier molecular flexibility index (Phi) is 6.24. The highest BCUT2D eigenvalue weighted by Crippen LogP contribution is 2.31. The van der Waals surface area contributed by atoms with E-state index in [1.54, 1.807) is 12.1 Å². The molecule has 0 saturated heterocycles. The van der Waals surface area contributed by atoms with Crippen LogP contribution in [0.5, 0.6) is 11.5 Å². The first kappa shape index (κ1) is 19.3. The van der Waals surface area contributed by atoms with Gasteiger partial charge in [0, 0.05) is 23.2 Å². The molecule has 0 fully saturated rings. The van der Waals surface area contributed by atoms with E-state index in [9.17, 15) is 14.9 Å². The quantitative estimate of drug-likeness (QED) is 0.562. The molecule has 0 aliphatic carbocycles. The zero-order valence-corrected chi connectivity index (χ0v) is 15.2. The summed E-state index contributed by atoms with van der Waals surface area (Å²) in [7, 11) is 2.91. The van der Waals surface area contributed by atoms with Crippen LogP contribution in [0.2, 0.25) is 5.02 Å². The first-order chi connectivity index (χ1) is 12.3. The summed E-state index contributed by atoms with van der Waals surface area (Å²) in [6.07, 6.45) is 0. The minimum atomic E-state index is -0.547. The van der Waals surface area contributed by atoms with Crippen LogP contribution >= 0.6 is 11.6 Å².